The van der Waals surface area contributed by atoms with Gasteiger partial charge in [-0.2, -0.15) is 15.4 Å². The van der Waals surface area contributed by atoms with Crippen LogP contribution in [0.5, 0.6) is 0 Å². The number of halogens is 3. The number of carbonyl (C=O) groups is 1. The van der Waals surface area contributed by atoms with Gasteiger partial charge in [-0.05, 0) is 6.07 Å². The van der Waals surface area contributed by atoms with Crippen LogP contribution < -0.4 is 5.73 Å². The highest BCUT2D eigenvalue weighted by atomic mass is 35.5. The van der Waals surface area contributed by atoms with Crippen molar-refractivity contribution in [2.75, 3.05) is 12.8 Å². The van der Waals surface area contributed by atoms with Gasteiger partial charge in [-0.3, -0.25) is 0 Å². The number of aromatic amines is 1. The summed E-state index contributed by atoms with van der Waals surface area (Å²) in [6.07, 6.45) is 0. The maximum absolute atomic E-state index is 14.4. The Morgan fingerprint density at radius 3 is 2.61 bits per heavy atom. The molecule has 0 aliphatic rings. The molecule has 0 saturated carbocycles. The fourth-order valence-electron chi connectivity index (χ4n) is 2.02. The SMILES string of the molecule is COC(=O)c1nc(-c2cc3n[nH]nc3cc2F)c(F)c(N)c1Cl. The molecule has 0 unspecified atom stereocenters. The molecule has 0 aliphatic heterocycles. The number of fused-ring (bicyclic) bond motifs is 1. The third-order valence-electron chi connectivity index (χ3n) is 3.15. The number of nitrogen functional groups attached to an aromatic ring is 1. The molecular formula is C13H8ClF2N5O2. The van der Waals surface area contributed by atoms with E-state index in [1.807, 2.05) is 0 Å². The van der Waals surface area contributed by atoms with E-state index in [-0.39, 0.29) is 16.6 Å². The highest BCUT2D eigenvalue weighted by molar-refractivity contribution is 6.35. The number of rotatable bonds is 2. The van der Waals surface area contributed by atoms with Crippen LogP contribution in [-0.4, -0.2) is 33.5 Å². The third-order valence-corrected chi connectivity index (χ3v) is 3.53. The van der Waals surface area contributed by atoms with Gasteiger partial charge < -0.3 is 10.5 Å². The van der Waals surface area contributed by atoms with Crippen LogP contribution in [0.4, 0.5) is 14.5 Å². The maximum atomic E-state index is 14.4. The number of methoxy groups -OCH3 is 1. The number of nitrogens with one attached hydrogen (secondary N) is 1. The summed E-state index contributed by atoms with van der Waals surface area (Å²) < 4.78 is 33.1. The van der Waals surface area contributed by atoms with Crippen molar-refractivity contribution in [1.82, 2.24) is 20.4 Å². The van der Waals surface area contributed by atoms with E-state index in [9.17, 15) is 13.6 Å². The average molecular weight is 340 g/mol. The molecule has 0 atom stereocenters. The first-order valence-corrected chi connectivity index (χ1v) is 6.55. The van der Waals surface area contributed by atoms with Crippen molar-refractivity contribution in [1.29, 1.82) is 0 Å². The summed E-state index contributed by atoms with van der Waals surface area (Å²) in [5, 5.41) is 9.42. The fourth-order valence-corrected chi connectivity index (χ4v) is 2.22. The molecule has 0 bridgehead atoms. The average Bonchev–Trinajstić information content (AvgIpc) is 2.99. The smallest absolute Gasteiger partial charge is 0.358 e. The lowest BCUT2D eigenvalue weighted by Gasteiger charge is -2.11. The first-order chi connectivity index (χ1) is 10.9. The van der Waals surface area contributed by atoms with Crippen LogP contribution in [0, 0.1) is 11.6 Å². The van der Waals surface area contributed by atoms with Gasteiger partial charge in [0.25, 0.3) is 0 Å². The minimum atomic E-state index is -1.05. The molecule has 0 amide bonds. The van der Waals surface area contributed by atoms with Gasteiger partial charge in [0, 0.05) is 11.6 Å². The molecule has 7 nitrogen and oxygen atoms in total. The number of ether oxygens (including phenoxy) is 1. The Kier molecular flexibility index (Phi) is 3.57. The lowest BCUT2D eigenvalue weighted by atomic mass is 10.1. The number of aromatic nitrogens is 4. The summed E-state index contributed by atoms with van der Waals surface area (Å²) in [4.78, 5) is 15.4. The second-order valence-corrected chi connectivity index (χ2v) is 4.86. The van der Waals surface area contributed by atoms with E-state index >= 15 is 0 Å². The molecule has 3 aromatic rings. The van der Waals surface area contributed by atoms with E-state index < -0.39 is 39.7 Å². The van der Waals surface area contributed by atoms with Crippen LogP contribution in [0.3, 0.4) is 0 Å². The number of esters is 1. The van der Waals surface area contributed by atoms with Gasteiger partial charge in [0.2, 0.25) is 0 Å². The van der Waals surface area contributed by atoms with E-state index in [2.05, 4.69) is 25.1 Å². The first-order valence-electron chi connectivity index (χ1n) is 6.17. The Morgan fingerprint density at radius 1 is 1.30 bits per heavy atom. The van der Waals surface area contributed by atoms with Crippen LogP contribution >= 0.6 is 11.6 Å². The molecule has 0 saturated heterocycles. The van der Waals surface area contributed by atoms with Crippen molar-refractivity contribution in [2.45, 2.75) is 0 Å². The molecule has 23 heavy (non-hydrogen) atoms. The van der Waals surface area contributed by atoms with Gasteiger partial charge in [0.05, 0.1) is 17.8 Å². The number of carbonyl (C=O) groups excluding carboxylic acids is 1. The Hall–Kier alpha value is -2.81. The van der Waals surface area contributed by atoms with Gasteiger partial charge in [0.15, 0.2) is 11.5 Å². The van der Waals surface area contributed by atoms with Gasteiger partial charge in [-0.25, -0.2) is 18.6 Å². The Balaban J connectivity index is 2.31. The molecule has 0 aliphatic carbocycles. The normalized spacial score (nSPS) is 11.0. The minimum Gasteiger partial charge on any atom is -0.464 e. The Labute approximate surface area is 132 Å². The Bertz CT molecular complexity index is 944. The number of pyridine rings is 1. The summed E-state index contributed by atoms with van der Waals surface area (Å²) in [6.45, 7) is 0. The summed E-state index contributed by atoms with van der Waals surface area (Å²) in [6, 6.07) is 2.28. The monoisotopic (exact) mass is 339 g/mol. The van der Waals surface area contributed by atoms with Gasteiger partial charge >= 0.3 is 5.97 Å². The molecule has 118 valence electrons. The highest BCUT2D eigenvalue weighted by Crippen LogP contribution is 2.34. The number of hydrogen-bond donors (Lipinski definition) is 2. The van der Waals surface area contributed by atoms with Crippen molar-refractivity contribution >= 4 is 34.3 Å². The largest absolute Gasteiger partial charge is 0.464 e. The zero-order valence-electron chi connectivity index (χ0n) is 11.5. The van der Waals surface area contributed by atoms with Crippen LogP contribution in [0.25, 0.3) is 22.3 Å². The number of hydrogen-bond acceptors (Lipinski definition) is 6. The Morgan fingerprint density at radius 2 is 1.96 bits per heavy atom. The number of benzene rings is 1. The zero-order chi connectivity index (χ0) is 16.7. The summed E-state index contributed by atoms with van der Waals surface area (Å²) in [5.74, 6) is -2.79. The molecule has 3 rings (SSSR count). The second-order valence-electron chi connectivity index (χ2n) is 4.49. The van der Waals surface area contributed by atoms with E-state index in [4.69, 9.17) is 17.3 Å². The number of nitrogens with zero attached hydrogens (tertiary/aromatic N) is 3. The van der Waals surface area contributed by atoms with Crippen molar-refractivity contribution in [3.8, 4) is 11.3 Å². The van der Waals surface area contributed by atoms with Gasteiger partial charge in [-0.1, -0.05) is 11.6 Å². The van der Waals surface area contributed by atoms with Crippen molar-refractivity contribution in [3.63, 3.8) is 0 Å². The van der Waals surface area contributed by atoms with E-state index in [0.717, 1.165) is 13.2 Å². The standard InChI is InChI=1S/C13H8ClF2N5O2/c1-23-13(22)12-8(14)10(17)9(16)11(18-12)4-2-6-7(3-5(4)15)20-21-19-6/h2-3H,1H3,(H2,17,18)(H,19,20,21). The summed E-state index contributed by atoms with van der Waals surface area (Å²) in [7, 11) is 1.10. The van der Waals surface area contributed by atoms with Gasteiger partial charge in [-0.15, -0.1) is 0 Å². The van der Waals surface area contributed by atoms with E-state index in [1.54, 1.807) is 0 Å². The predicted octanol–water partition coefficient (Wildman–Crippen LogP) is 2.32. The second kappa shape index (κ2) is 5.43. The lowest BCUT2D eigenvalue weighted by molar-refractivity contribution is 0.0594. The quantitative estimate of drug-likeness (QED) is 0.694. The van der Waals surface area contributed by atoms with Crippen LogP contribution in [0.1, 0.15) is 10.5 Å². The van der Waals surface area contributed by atoms with Crippen molar-refractivity contribution in [2.24, 2.45) is 0 Å². The minimum absolute atomic E-state index is 0.239. The van der Waals surface area contributed by atoms with Crippen LogP contribution in [0.15, 0.2) is 12.1 Å². The molecule has 2 aromatic heterocycles. The predicted molar refractivity (Wildman–Crippen MR) is 77.8 cm³/mol. The zero-order valence-corrected chi connectivity index (χ0v) is 12.3. The molecule has 10 heteroatoms. The fraction of sp³-hybridized carbons (Fsp3) is 0.0769. The lowest BCUT2D eigenvalue weighted by Crippen LogP contribution is -2.10. The maximum Gasteiger partial charge on any atom is 0.358 e. The van der Waals surface area contributed by atoms with Crippen molar-refractivity contribution in [3.05, 3.63) is 34.5 Å². The third kappa shape index (κ3) is 2.34. The topological polar surface area (TPSA) is 107 Å². The number of anilines is 1. The molecular weight excluding hydrogens is 332 g/mol. The first kappa shape index (κ1) is 15.1. The molecule has 1 aromatic carbocycles. The van der Waals surface area contributed by atoms with E-state index in [0.29, 0.717) is 0 Å². The van der Waals surface area contributed by atoms with Crippen LogP contribution in [0.2, 0.25) is 5.02 Å². The molecule has 2 heterocycles. The molecule has 3 N–H and O–H groups in total. The number of nitrogens with two attached hydrogens (primary N) is 1. The number of H-pyrrole nitrogens is 1. The van der Waals surface area contributed by atoms with Crippen molar-refractivity contribution < 1.29 is 18.3 Å². The van der Waals surface area contributed by atoms with E-state index in [1.165, 1.54) is 6.07 Å². The summed E-state index contributed by atoms with van der Waals surface area (Å²) >= 11 is 5.80. The highest BCUT2D eigenvalue weighted by Gasteiger charge is 2.24. The molecule has 0 radical (unpaired) electrons. The van der Waals surface area contributed by atoms with Gasteiger partial charge in [0.1, 0.15) is 22.5 Å². The summed E-state index contributed by atoms with van der Waals surface area (Å²) in [5.41, 5.74) is 4.42. The molecule has 0 spiro atoms. The van der Waals surface area contributed by atoms with Crippen LogP contribution in [-0.2, 0) is 4.74 Å². The molecule has 0 fully saturated rings.